The van der Waals surface area contributed by atoms with Gasteiger partial charge in [0.1, 0.15) is 5.82 Å². The summed E-state index contributed by atoms with van der Waals surface area (Å²) in [6.07, 6.45) is 1.72. The highest BCUT2D eigenvalue weighted by molar-refractivity contribution is 5.91. The number of aromatic hydroxyl groups is 1. The first-order chi connectivity index (χ1) is 10.1. The fourth-order valence-corrected chi connectivity index (χ4v) is 2.26. The molecule has 2 heterocycles. The monoisotopic (exact) mass is 284 g/mol. The molecule has 0 amide bonds. The standard InChI is InChI=1S/C15H12N2O4/c1-21-15(20)12-13(18)14(19)17-8-10(7-11(17)16-12)9-5-3-2-4-6-9/h2-7,18H,8H2,1H3. The Morgan fingerprint density at radius 2 is 2.05 bits per heavy atom. The highest BCUT2D eigenvalue weighted by Gasteiger charge is 2.24. The first-order valence-electron chi connectivity index (χ1n) is 6.30. The molecule has 6 nitrogen and oxygen atoms in total. The molecule has 6 heteroatoms. The zero-order chi connectivity index (χ0) is 15.0. The maximum Gasteiger partial charge on any atom is 0.360 e. The van der Waals surface area contributed by atoms with Crippen molar-refractivity contribution >= 4 is 17.6 Å². The number of hydrogen-bond acceptors (Lipinski definition) is 5. The van der Waals surface area contributed by atoms with Gasteiger partial charge in [-0.3, -0.25) is 9.36 Å². The summed E-state index contributed by atoms with van der Waals surface area (Å²) in [5.74, 6) is -1.19. The van der Waals surface area contributed by atoms with Crippen molar-refractivity contribution in [2.45, 2.75) is 6.54 Å². The Labute approximate surface area is 119 Å². The first-order valence-corrected chi connectivity index (χ1v) is 6.30. The number of hydrogen-bond donors (Lipinski definition) is 1. The van der Waals surface area contributed by atoms with Crippen molar-refractivity contribution in [1.29, 1.82) is 0 Å². The summed E-state index contributed by atoms with van der Waals surface area (Å²) in [4.78, 5) is 27.7. The normalized spacial score (nSPS) is 12.7. The second-order valence-electron chi connectivity index (χ2n) is 4.59. The number of allylic oxidation sites excluding steroid dienone is 1. The van der Waals surface area contributed by atoms with Gasteiger partial charge in [-0.05, 0) is 17.2 Å². The summed E-state index contributed by atoms with van der Waals surface area (Å²) in [5, 5.41) is 9.80. The molecule has 21 heavy (non-hydrogen) atoms. The van der Waals surface area contributed by atoms with Crippen LogP contribution in [0.25, 0.3) is 11.6 Å². The highest BCUT2D eigenvalue weighted by atomic mass is 16.5. The van der Waals surface area contributed by atoms with Gasteiger partial charge in [0.2, 0.25) is 5.75 Å². The van der Waals surface area contributed by atoms with E-state index in [1.165, 1.54) is 11.7 Å². The number of fused-ring (bicyclic) bond motifs is 1. The van der Waals surface area contributed by atoms with Gasteiger partial charge in [-0.15, -0.1) is 0 Å². The van der Waals surface area contributed by atoms with Gasteiger partial charge >= 0.3 is 5.97 Å². The van der Waals surface area contributed by atoms with E-state index in [0.717, 1.165) is 11.1 Å². The minimum atomic E-state index is -0.838. The third-order valence-corrected chi connectivity index (χ3v) is 3.33. The van der Waals surface area contributed by atoms with Crippen LogP contribution in [-0.2, 0) is 11.3 Å². The van der Waals surface area contributed by atoms with Crippen LogP contribution in [0.1, 0.15) is 21.9 Å². The van der Waals surface area contributed by atoms with Gasteiger partial charge < -0.3 is 9.84 Å². The Morgan fingerprint density at radius 3 is 2.71 bits per heavy atom. The Morgan fingerprint density at radius 1 is 1.33 bits per heavy atom. The van der Waals surface area contributed by atoms with Crippen molar-refractivity contribution in [3.05, 3.63) is 57.8 Å². The molecule has 0 saturated heterocycles. The molecule has 1 aromatic carbocycles. The third-order valence-electron chi connectivity index (χ3n) is 3.33. The van der Waals surface area contributed by atoms with Crippen LogP contribution in [0.2, 0.25) is 0 Å². The van der Waals surface area contributed by atoms with Gasteiger partial charge in [-0.2, -0.15) is 0 Å². The van der Waals surface area contributed by atoms with Crippen molar-refractivity contribution in [2.24, 2.45) is 0 Å². The van der Waals surface area contributed by atoms with E-state index < -0.39 is 17.3 Å². The molecule has 1 aliphatic rings. The van der Waals surface area contributed by atoms with E-state index in [9.17, 15) is 14.7 Å². The number of aromatic nitrogens is 2. The molecule has 1 aromatic heterocycles. The van der Waals surface area contributed by atoms with Crippen molar-refractivity contribution in [2.75, 3.05) is 7.11 Å². The zero-order valence-corrected chi connectivity index (χ0v) is 11.2. The predicted octanol–water partition coefficient (Wildman–Crippen LogP) is 1.29. The number of esters is 1. The van der Waals surface area contributed by atoms with E-state index in [1.54, 1.807) is 6.08 Å². The van der Waals surface area contributed by atoms with Crippen LogP contribution in [0.15, 0.2) is 35.1 Å². The first kappa shape index (κ1) is 13.1. The fraction of sp³-hybridized carbons (Fsp3) is 0.133. The van der Waals surface area contributed by atoms with E-state index in [4.69, 9.17) is 0 Å². The molecular formula is C15H12N2O4. The van der Waals surface area contributed by atoms with Gasteiger partial charge in [0.15, 0.2) is 5.69 Å². The van der Waals surface area contributed by atoms with Crippen LogP contribution < -0.4 is 5.56 Å². The summed E-state index contributed by atoms with van der Waals surface area (Å²) >= 11 is 0. The molecule has 2 aromatic rings. The average molecular weight is 284 g/mol. The number of rotatable bonds is 2. The van der Waals surface area contributed by atoms with Gasteiger partial charge in [0.05, 0.1) is 13.7 Å². The largest absolute Gasteiger partial charge is 0.501 e. The molecule has 0 fully saturated rings. The zero-order valence-electron chi connectivity index (χ0n) is 11.2. The molecule has 0 saturated carbocycles. The lowest BCUT2D eigenvalue weighted by molar-refractivity contribution is 0.0589. The van der Waals surface area contributed by atoms with Crippen LogP contribution >= 0.6 is 0 Å². The van der Waals surface area contributed by atoms with E-state index in [1.807, 2.05) is 30.3 Å². The molecule has 3 rings (SSSR count). The smallest absolute Gasteiger partial charge is 0.360 e. The number of ether oxygens (including phenoxy) is 1. The Hall–Kier alpha value is -2.89. The van der Waals surface area contributed by atoms with Crippen molar-refractivity contribution in [1.82, 2.24) is 9.55 Å². The molecule has 106 valence electrons. The molecule has 0 atom stereocenters. The lowest BCUT2D eigenvalue weighted by atomic mass is 10.1. The molecule has 0 unspecified atom stereocenters. The van der Waals surface area contributed by atoms with Crippen LogP contribution in [0.5, 0.6) is 5.75 Å². The average Bonchev–Trinajstić information content (AvgIpc) is 2.95. The summed E-state index contributed by atoms with van der Waals surface area (Å²) in [5.41, 5.74) is 0.838. The number of nitrogens with zero attached hydrogens (tertiary/aromatic N) is 2. The number of carbonyl (C=O) groups is 1. The second kappa shape index (κ2) is 4.90. The summed E-state index contributed by atoms with van der Waals surface area (Å²) in [6.45, 7) is 0.306. The molecule has 1 N–H and O–H groups in total. The lowest BCUT2D eigenvalue weighted by Gasteiger charge is -2.07. The fourth-order valence-electron chi connectivity index (χ4n) is 2.26. The van der Waals surface area contributed by atoms with Crippen molar-refractivity contribution < 1.29 is 14.6 Å². The van der Waals surface area contributed by atoms with Crippen LogP contribution in [0.3, 0.4) is 0 Å². The highest BCUT2D eigenvalue weighted by Crippen LogP contribution is 2.26. The lowest BCUT2D eigenvalue weighted by Crippen LogP contribution is -2.24. The van der Waals surface area contributed by atoms with Crippen LogP contribution in [0.4, 0.5) is 0 Å². The maximum absolute atomic E-state index is 12.1. The van der Waals surface area contributed by atoms with Crippen molar-refractivity contribution in [3.8, 4) is 5.75 Å². The maximum atomic E-state index is 12.1. The molecule has 0 bridgehead atoms. The van der Waals surface area contributed by atoms with E-state index in [0.29, 0.717) is 12.4 Å². The molecule has 0 radical (unpaired) electrons. The Balaban J connectivity index is 2.11. The minimum absolute atomic E-state index is 0.306. The second-order valence-corrected chi connectivity index (χ2v) is 4.59. The minimum Gasteiger partial charge on any atom is -0.501 e. The SMILES string of the molecule is COC(=O)c1nc2n(c(=O)c1O)CC(c1ccccc1)=C2. The number of carbonyl (C=O) groups excluding carboxylic acids is 1. The van der Waals surface area contributed by atoms with E-state index >= 15 is 0 Å². The molecule has 1 aliphatic heterocycles. The van der Waals surface area contributed by atoms with Crippen molar-refractivity contribution in [3.63, 3.8) is 0 Å². The van der Waals surface area contributed by atoms with Crippen LogP contribution in [-0.4, -0.2) is 27.7 Å². The molecular weight excluding hydrogens is 272 g/mol. The quantitative estimate of drug-likeness (QED) is 0.840. The van der Waals surface area contributed by atoms with E-state index in [2.05, 4.69) is 9.72 Å². The number of benzene rings is 1. The van der Waals surface area contributed by atoms with Gasteiger partial charge in [0.25, 0.3) is 5.56 Å². The number of methoxy groups -OCH3 is 1. The summed E-state index contributed by atoms with van der Waals surface area (Å²) in [7, 11) is 1.17. The third kappa shape index (κ3) is 2.10. The van der Waals surface area contributed by atoms with Gasteiger partial charge in [-0.1, -0.05) is 30.3 Å². The summed E-state index contributed by atoms with van der Waals surface area (Å²) in [6, 6.07) is 9.53. The van der Waals surface area contributed by atoms with Crippen LogP contribution in [0, 0.1) is 0 Å². The Kier molecular flexibility index (Phi) is 3.06. The predicted molar refractivity (Wildman–Crippen MR) is 75.8 cm³/mol. The van der Waals surface area contributed by atoms with Gasteiger partial charge in [0, 0.05) is 0 Å². The topological polar surface area (TPSA) is 81.4 Å². The molecule has 0 aliphatic carbocycles. The van der Waals surface area contributed by atoms with Gasteiger partial charge in [-0.25, -0.2) is 9.78 Å². The molecule has 0 spiro atoms. The Bertz CT molecular complexity index is 806. The van der Waals surface area contributed by atoms with E-state index in [-0.39, 0.29) is 5.69 Å². The summed E-state index contributed by atoms with van der Waals surface area (Å²) < 4.78 is 5.84.